The summed E-state index contributed by atoms with van der Waals surface area (Å²) >= 11 is 12.4. The van der Waals surface area contributed by atoms with Gasteiger partial charge in [-0.25, -0.2) is 0 Å². The minimum Gasteiger partial charge on any atom is -0.352 e. The van der Waals surface area contributed by atoms with Gasteiger partial charge in [0.05, 0.1) is 6.42 Å². The Kier molecular flexibility index (Phi) is 9.19. The van der Waals surface area contributed by atoms with E-state index < -0.39 is 6.04 Å². The molecule has 0 fully saturated rings. The number of halogens is 2. The molecule has 0 aliphatic heterocycles. The minimum absolute atomic E-state index is 0.0411. The number of amides is 2. The molecule has 0 aromatic heterocycles. The van der Waals surface area contributed by atoms with Gasteiger partial charge in [-0.2, -0.15) is 0 Å². The fourth-order valence-corrected chi connectivity index (χ4v) is 3.76. The van der Waals surface area contributed by atoms with E-state index in [1.165, 1.54) is 0 Å². The molecule has 0 unspecified atom stereocenters. The minimum atomic E-state index is -0.581. The number of nitrogens with zero attached hydrogens (tertiary/aromatic N) is 1. The number of nitrogens with one attached hydrogen (secondary N) is 1. The van der Waals surface area contributed by atoms with Crippen LogP contribution in [0.5, 0.6) is 0 Å². The molecular weight excluding hydrogens is 419 g/mol. The number of rotatable bonds is 9. The third-order valence-corrected chi connectivity index (χ3v) is 5.77. The quantitative estimate of drug-likeness (QED) is 0.545. The molecule has 2 atom stereocenters. The van der Waals surface area contributed by atoms with Gasteiger partial charge >= 0.3 is 0 Å². The lowest BCUT2D eigenvalue weighted by atomic mass is 10.0. The number of carbonyl (C=O) groups is 2. The number of carbonyl (C=O) groups excluding carboxylic acids is 2. The Balaban J connectivity index is 2.34. The average molecular weight is 449 g/mol. The SMILES string of the molecule is CC[C@@H](C)NC(=O)[C@H](CC)N(Cc1ccc(Cl)cc1Cl)C(=O)Cc1cccc(C)c1. The van der Waals surface area contributed by atoms with Crippen molar-refractivity contribution in [3.05, 3.63) is 69.2 Å². The molecule has 2 aromatic carbocycles. The average Bonchev–Trinajstić information content (AvgIpc) is 2.69. The molecule has 0 saturated heterocycles. The highest BCUT2D eigenvalue weighted by Crippen LogP contribution is 2.24. The van der Waals surface area contributed by atoms with Crippen molar-refractivity contribution in [3.63, 3.8) is 0 Å². The van der Waals surface area contributed by atoms with Crippen LogP contribution in [-0.2, 0) is 22.6 Å². The smallest absolute Gasteiger partial charge is 0.243 e. The topological polar surface area (TPSA) is 49.4 Å². The van der Waals surface area contributed by atoms with Crippen LogP contribution in [0.15, 0.2) is 42.5 Å². The zero-order valence-corrected chi connectivity index (χ0v) is 19.6. The Morgan fingerprint density at radius 3 is 2.40 bits per heavy atom. The first-order valence-corrected chi connectivity index (χ1v) is 11.1. The zero-order valence-electron chi connectivity index (χ0n) is 18.0. The molecule has 0 bridgehead atoms. The van der Waals surface area contributed by atoms with Crippen LogP contribution in [0.4, 0.5) is 0 Å². The van der Waals surface area contributed by atoms with Crippen molar-refractivity contribution in [1.82, 2.24) is 10.2 Å². The molecule has 30 heavy (non-hydrogen) atoms. The van der Waals surface area contributed by atoms with E-state index in [-0.39, 0.29) is 30.8 Å². The summed E-state index contributed by atoms with van der Waals surface area (Å²) in [6.45, 7) is 8.12. The Bertz CT molecular complexity index is 885. The molecule has 6 heteroatoms. The molecule has 0 aliphatic carbocycles. The molecule has 4 nitrogen and oxygen atoms in total. The number of hydrogen-bond donors (Lipinski definition) is 1. The largest absolute Gasteiger partial charge is 0.352 e. The van der Waals surface area contributed by atoms with E-state index in [9.17, 15) is 9.59 Å². The highest BCUT2D eigenvalue weighted by molar-refractivity contribution is 6.35. The van der Waals surface area contributed by atoms with Crippen LogP contribution in [0, 0.1) is 6.92 Å². The van der Waals surface area contributed by atoms with Crippen LogP contribution in [-0.4, -0.2) is 28.8 Å². The Hall–Kier alpha value is -2.04. The summed E-state index contributed by atoms with van der Waals surface area (Å²) in [5.74, 6) is -0.257. The van der Waals surface area contributed by atoms with Gasteiger partial charge < -0.3 is 10.2 Å². The van der Waals surface area contributed by atoms with Crippen LogP contribution in [0.3, 0.4) is 0 Å². The summed E-state index contributed by atoms with van der Waals surface area (Å²) in [7, 11) is 0. The lowest BCUT2D eigenvalue weighted by Gasteiger charge is -2.32. The monoisotopic (exact) mass is 448 g/mol. The summed E-state index contributed by atoms with van der Waals surface area (Å²) in [5, 5.41) is 4.02. The summed E-state index contributed by atoms with van der Waals surface area (Å²) in [4.78, 5) is 27.9. The molecule has 2 amide bonds. The van der Waals surface area contributed by atoms with Crippen LogP contribution >= 0.6 is 23.2 Å². The van der Waals surface area contributed by atoms with Gasteiger partial charge in [0.1, 0.15) is 6.04 Å². The third-order valence-electron chi connectivity index (χ3n) is 5.18. The first kappa shape index (κ1) is 24.2. The van der Waals surface area contributed by atoms with E-state index in [4.69, 9.17) is 23.2 Å². The van der Waals surface area contributed by atoms with Gasteiger partial charge in [-0.05, 0) is 49.9 Å². The Labute approximate surface area is 189 Å². The summed E-state index contributed by atoms with van der Waals surface area (Å²) in [6, 6.07) is 12.5. The number of benzene rings is 2. The van der Waals surface area contributed by atoms with E-state index >= 15 is 0 Å². The molecule has 1 N–H and O–H groups in total. The predicted octanol–water partition coefficient (Wildman–Crippen LogP) is 5.57. The summed E-state index contributed by atoms with van der Waals surface area (Å²) in [6.07, 6.45) is 1.55. The predicted molar refractivity (Wildman–Crippen MR) is 124 cm³/mol. The van der Waals surface area contributed by atoms with Gasteiger partial charge in [-0.15, -0.1) is 0 Å². The van der Waals surface area contributed by atoms with Crippen molar-refractivity contribution in [2.75, 3.05) is 0 Å². The fourth-order valence-electron chi connectivity index (χ4n) is 3.29. The second-order valence-electron chi connectivity index (χ2n) is 7.67. The van der Waals surface area contributed by atoms with E-state index in [1.54, 1.807) is 23.1 Å². The molecule has 2 aromatic rings. The molecule has 162 valence electrons. The van der Waals surface area contributed by atoms with Gasteiger partial charge in [0.25, 0.3) is 0 Å². The second-order valence-corrected chi connectivity index (χ2v) is 8.51. The Morgan fingerprint density at radius 2 is 1.80 bits per heavy atom. The Morgan fingerprint density at radius 1 is 1.07 bits per heavy atom. The lowest BCUT2D eigenvalue weighted by molar-refractivity contribution is -0.141. The number of aryl methyl sites for hydroxylation is 1. The van der Waals surface area contributed by atoms with Crippen LogP contribution in [0.25, 0.3) is 0 Å². The first-order valence-electron chi connectivity index (χ1n) is 10.3. The van der Waals surface area contributed by atoms with Gasteiger partial charge in [-0.3, -0.25) is 9.59 Å². The fraction of sp³-hybridized carbons (Fsp3) is 0.417. The van der Waals surface area contributed by atoms with Crippen molar-refractivity contribution < 1.29 is 9.59 Å². The highest BCUT2D eigenvalue weighted by atomic mass is 35.5. The van der Waals surface area contributed by atoms with Gasteiger partial charge in [0.2, 0.25) is 11.8 Å². The van der Waals surface area contributed by atoms with Crippen LogP contribution in [0.1, 0.15) is 50.3 Å². The van der Waals surface area contributed by atoms with E-state index in [1.807, 2.05) is 52.0 Å². The molecule has 0 saturated carbocycles. The maximum Gasteiger partial charge on any atom is 0.243 e. The van der Waals surface area contributed by atoms with Gasteiger partial charge in [0.15, 0.2) is 0 Å². The van der Waals surface area contributed by atoms with Crippen LogP contribution < -0.4 is 5.32 Å². The van der Waals surface area contributed by atoms with E-state index in [2.05, 4.69) is 5.32 Å². The molecule has 0 heterocycles. The van der Waals surface area contributed by atoms with Crippen LogP contribution in [0.2, 0.25) is 10.0 Å². The number of hydrogen-bond acceptors (Lipinski definition) is 2. The zero-order chi connectivity index (χ0) is 22.3. The summed E-state index contributed by atoms with van der Waals surface area (Å²) in [5.41, 5.74) is 2.77. The molecule has 0 radical (unpaired) electrons. The molecule has 0 aliphatic rings. The highest BCUT2D eigenvalue weighted by Gasteiger charge is 2.29. The van der Waals surface area contributed by atoms with E-state index in [0.717, 1.165) is 23.1 Å². The van der Waals surface area contributed by atoms with Crippen molar-refractivity contribution in [2.24, 2.45) is 0 Å². The van der Waals surface area contributed by atoms with Crippen molar-refractivity contribution in [1.29, 1.82) is 0 Å². The maximum atomic E-state index is 13.3. The summed E-state index contributed by atoms with van der Waals surface area (Å²) < 4.78 is 0. The standard InChI is InChI=1S/C24H30Cl2N2O2/c1-5-17(4)27-24(30)22(6-2)28(15-19-10-11-20(25)14-21(19)26)23(29)13-18-9-7-8-16(3)12-18/h7-12,14,17,22H,5-6,13,15H2,1-4H3,(H,27,30)/t17-,22+/m1/s1. The second kappa shape index (κ2) is 11.4. The molecular formula is C24H30Cl2N2O2. The third kappa shape index (κ3) is 6.75. The van der Waals surface area contributed by atoms with E-state index in [0.29, 0.717) is 16.5 Å². The molecule has 2 rings (SSSR count). The lowest BCUT2D eigenvalue weighted by Crippen LogP contribution is -2.51. The van der Waals surface area contributed by atoms with Gasteiger partial charge in [0, 0.05) is 22.6 Å². The first-order chi connectivity index (χ1) is 14.2. The van der Waals surface area contributed by atoms with Crippen molar-refractivity contribution in [3.8, 4) is 0 Å². The normalized spacial score (nSPS) is 12.9. The molecule has 0 spiro atoms. The maximum absolute atomic E-state index is 13.3. The van der Waals surface area contributed by atoms with Crippen molar-refractivity contribution >= 4 is 35.0 Å². The van der Waals surface area contributed by atoms with Crippen molar-refractivity contribution in [2.45, 2.75) is 65.6 Å². The van der Waals surface area contributed by atoms with Gasteiger partial charge in [-0.1, -0.05) is 72.9 Å².